The van der Waals surface area contributed by atoms with Gasteiger partial charge in [-0.1, -0.05) is 6.92 Å². The summed E-state index contributed by atoms with van der Waals surface area (Å²) in [5, 5.41) is 3.97. The summed E-state index contributed by atoms with van der Waals surface area (Å²) in [6.45, 7) is 1.92. The fourth-order valence-electron chi connectivity index (χ4n) is 0.481. The molecule has 0 atom stereocenters. The average molecular weight is 134 g/mol. The van der Waals surface area contributed by atoms with Crippen LogP contribution in [0.4, 0.5) is 0 Å². The van der Waals surface area contributed by atoms with Crippen molar-refractivity contribution in [1.82, 2.24) is 9.78 Å². The van der Waals surface area contributed by atoms with E-state index in [1.807, 2.05) is 14.0 Å². The summed E-state index contributed by atoms with van der Waals surface area (Å²) in [5.41, 5.74) is 0.947. The molecule has 0 aromatic carbocycles. The number of hydrogen-bond acceptors (Lipinski definition) is 1. The summed E-state index contributed by atoms with van der Waals surface area (Å²) < 4.78 is 1.73. The summed E-state index contributed by atoms with van der Waals surface area (Å²) in [4.78, 5) is 0. The molecule has 0 aliphatic heterocycles. The molecule has 8 heavy (non-hydrogen) atoms. The van der Waals surface area contributed by atoms with Crippen LogP contribution >= 0.6 is 0 Å². The first-order valence-electron chi connectivity index (χ1n) is 2.17. The fraction of sp³-hybridized carbons (Fsp3) is 0.400. The largest absolute Gasteiger partial charge is 1.00 e. The maximum absolute atomic E-state index is 3.97. The van der Waals surface area contributed by atoms with Crippen molar-refractivity contribution in [3.63, 3.8) is 0 Å². The third-order valence-electron chi connectivity index (χ3n) is 0.768. The summed E-state index contributed by atoms with van der Waals surface area (Å²) in [6, 6.07) is 2.92. The molecule has 2 nitrogen and oxygen atoms in total. The SMILES string of the molecule is Cc1[c-]cn(C)n1.[K+]. The molecule has 1 aromatic rings. The summed E-state index contributed by atoms with van der Waals surface area (Å²) in [5.74, 6) is 0. The molecular weight excluding hydrogens is 127 g/mol. The molecule has 0 spiro atoms. The van der Waals surface area contributed by atoms with Gasteiger partial charge in [0.15, 0.2) is 0 Å². The number of aromatic nitrogens is 2. The van der Waals surface area contributed by atoms with E-state index in [4.69, 9.17) is 0 Å². The quantitative estimate of drug-likeness (QED) is 0.284. The molecule has 3 heteroatoms. The third kappa shape index (κ3) is 2.41. The van der Waals surface area contributed by atoms with E-state index in [0.717, 1.165) is 5.69 Å². The topological polar surface area (TPSA) is 17.8 Å². The molecule has 0 saturated carbocycles. The molecular formula is C5H7KN2. The van der Waals surface area contributed by atoms with E-state index in [1.54, 1.807) is 10.9 Å². The van der Waals surface area contributed by atoms with Crippen LogP contribution in [-0.4, -0.2) is 9.78 Å². The Morgan fingerprint density at radius 3 is 2.50 bits per heavy atom. The smallest absolute Gasteiger partial charge is 0.429 e. The minimum absolute atomic E-state index is 0. The molecule has 38 valence electrons. The van der Waals surface area contributed by atoms with Crippen molar-refractivity contribution in [1.29, 1.82) is 0 Å². The van der Waals surface area contributed by atoms with Gasteiger partial charge in [-0.15, -0.1) is 5.69 Å². The van der Waals surface area contributed by atoms with Crippen LogP contribution in [0.3, 0.4) is 0 Å². The molecule has 0 aliphatic rings. The van der Waals surface area contributed by atoms with E-state index in [9.17, 15) is 0 Å². The Balaban J connectivity index is 0.000000490. The number of aryl methyl sites for hydroxylation is 2. The zero-order valence-corrected chi connectivity index (χ0v) is 8.59. The maximum atomic E-state index is 3.97. The van der Waals surface area contributed by atoms with Crippen molar-refractivity contribution in [3.05, 3.63) is 18.0 Å². The molecule has 1 heterocycles. The van der Waals surface area contributed by atoms with E-state index in [1.165, 1.54) is 0 Å². The van der Waals surface area contributed by atoms with Crippen molar-refractivity contribution < 1.29 is 51.4 Å². The first-order valence-corrected chi connectivity index (χ1v) is 2.17. The van der Waals surface area contributed by atoms with Crippen LogP contribution in [0.2, 0.25) is 0 Å². The van der Waals surface area contributed by atoms with Gasteiger partial charge in [-0.3, -0.25) is 0 Å². The molecule has 0 unspecified atom stereocenters. The predicted octanol–water partition coefficient (Wildman–Crippen LogP) is -2.47. The predicted molar refractivity (Wildman–Crippen MR) is 26.8 cm³/mol. The van der Waals surface area contributed by atoms with Gasteiger partial charge >= 0.3 is 51.4 Å². The van der Waals surface area contributed by atoms with Gasteiger partial charge in [0.2, 0.25) is 0 Å². The van der Waals surface area contributed by atoms with Gasteiger partial charge in [0, 0.05) is 7.05 Å². The van der Waals surface area contributed by atoms with Gasteiger partial charge in [0.25, 0.3) is 0 Å². The Hall–Kier alpha value is 0.846. The summed E-state index contributed by atoms with van der Waals surface area (Å²) >= 11 is 0. The second-order valence-corrected chi connectivity index (χ2v) is 1.53. The van der Waals surface area contributed by atoms with Crippen molar-refractivity contribution in [2.24, 2.45) is 7.05 Å². The van der Waals surface area contributed by atoms with Gasteiger partial charge in [-0.2, -0.15) is 6.20 Å². The monoisotopic (exact) mass is 134 g/mol. The van der Waals surface area contributed by atoms with E-state index in [-0.39, 0.29) is 51.4 Å². The zero-order valence-electron chi connectivity index (χ0n) is 5.47. The van der Waals surface area contributed by atoms with Crippen molar-refractivity contribution in [3.8, 4) is 0 Å². The van der Waals surface area contributed by atoms with E-state index in [2.05, 4.69) is 11.2 Å². The Morgan fingerprint density at radius 2 is 2.38 bits per heavy atom. The van der Waals surface area contributed by atoms with Crippen molar-refractivity contribution in [2.45, 2.75) is 6.92 Å². The Kier molecular flexibility index (Phi) is 4.19. The maximum Gasteiger partial charge on any atom is 1.00 e. The average Bonchev–Trinajstić information content (AvgIpc) is 1.87. The standard InChI is InChI=1S/C5H7N2.K/c1-5-3-4-7(2)6-5;/h4H,1-2H3;/q-1;+1. The Labute approximate surface area is 91.7 Å². The zero-order chi connectivity index (χ0) is 5.28. The van der Waals surface area contributed by atoms with Crippen LogP contribution in [0, 0.1) is 13.0 Å². The van der Waals surface area contributed by atoms with Crippen LogP contribution in [-0.2, 0) is 7.05 Å². The van der Waals surface area contributed by atoms with Gasteiger partial charge in [0.05, 0.1) is 0 Å². The van der Waals surface area contributed by atoms with Crippen LogP contribution in [0.15, 0.2) is 6.20 Å². The van der Waals surface area contributed by atoms with Crippen LogP contribution in [0.25, 0.3) is 0 Å². The second kappa shape index (κ2) is 3.79. The fourth-order valence-corrected chi connectivity index (χ4v) is 0.481. The van der Waals surface area contributed by atoms with Crippen LogP contribution < -0.4 is 51.4 Å². The second-order valence-electron chi connectivity index (χ2n) is 1.53. The van der Waals surface area contributed by atoms with Crippen LogP contribution in [0.5, 0.6) is 0 Å². The number of rotatable bonds is 0. The van der Waals surface area contributed by atoms with Crippen LogP contribution in [0.1, 0.15) is 5.69 Å². The first-order chi connectivity index (χ1) is 3.29. The minimum Gasteiger partial charge on any atom is -0.429 e. The molecule has 0 fully saturated rings. The van der Waals surface area contributed by atoms with Crippen molar-refractivity contribution >= 4 is 0 Å². The normalized spacial score (nSPS) is 8.25. The van der Waals surface area contributed by atoms with E-state index in [0.29, 0.717) is 0 Å². The molecule has 1 rings (SSSR count). The molecule has 0 N–H and O–H groups in total. The van der Waals surface area contributed by atoms with Gasteiger partial charge in [0.1, 0.15) is 0 Å². The Bertz CT molecular complexity index is 143. The Morgan fingerprint density at radius 1 is 1.75 bits per heavy atom. The summed E-state index contributed by atoms with van der Waals surface area (Å²) in [7, 11) is 1.88. The molecule has 0 aliphatic carbocycles. The third-order valence-corrected chi connectivity index (χ3v) is 0.768. The molecule has 0 radical (unpaired) electrons. The van der Waals surface area contributed by atoms with E-state index >= 15 is 0 Å². The number of nitrogens with zero attached hydrogens (tertiary/aromatic N) is 2. The van der Waals surface area contributed by atoms with Gasteiger partial charge in [-0.25, -0.2) is 5.10 Å². The van der Waals surface area contributed by atoms with Crippen molar-refractivity contribution in [2.75, 3.05) is 0 Å². The summed E-state index contributed by atoms with van der Waals surface area (Å²) in [6.07, 6.45) is 1.80. The first kappa shape index (κ1) is 8.85. The molecule has 0 bridgehead atoms. The molecule has 1 aromatic heterocycles. The number of hydrogen-bond donors (Lipinski definition) is 0. The molecule has 0 saturated heterocycles. The van der Waals surface area contributed by atoms with Gasteiger partial charge in [-0.05, 0) is 0 Å². The minimum atomic E-state index is 0. The molecule has 0 amide bonds. The van der Waals surface area contributed by atoms with E-state index < -0.39 is 0 Å². The van der Waals surface area contributed by atoms with Gasteiger partial charge < -0.3 is 10.7 Å².